The third-order valence-corrected chi connectivity index (χ3v) is 7.62. The van der Waals surface area contributed by atoms with Gasteiger partial charge in [0, 0.05) is 19.2 Å². The Morgan fingerprint density at radius 2 is 2.02 bits per heavy atom. The van der Waals surface area contributed by atoms with Crippen molar-refractivity contribution in [3.63, 3.8) is 0 Å². The topological polar surface area (TPSA) is 127 Å². The number of aromatic nitrogens is 5. The first kappa shape index (κ1) is 28.9. The molecule has 0 aliphatic heterocycles. The van der Waals surface area contributed by atoms with Gasteiger partial charge in [0.2, 0.25) is 5.82 Å². The van der Waals surface area contributed by atoms with Gasteiger partial charge in [-0.3, -0.25) is 0 Å². The minimum absolute atomic E-state index is 0.0648. The highest BCUT2D eigenvalue weighted by atomic mass is 19.1. The molecule has 10 heteroatoms. The molecule has 1 atom stereocenters. The lowest BCUT2D eigenvalue weighted by molar-refractivity contribution is 0.0696. The van der Waals surface area contributed by atoms with Crippen molar-refractivity contribution >= 4 is 22.7 Å². The summed E-state index contributed by atoms with van der Waals surface area (Å²) in [6.45, 7) is 8.33. The van der Waals surface area contributed by atoms with E-state index in [1.54, 1.807) is 0 Å². The number of imidazole rings is 1. The number of hydrogen-bond donors (Lipinski definition) is 1. The van der Waals surface area contributed by atoms with Gasteiger partial charge in [-0.25, -0.2) is 19.7 Å². The fourth-order valence-corrected chi connectivity index (χ4v) is 5.22. The van der Waals surface area contributed by atoms with E-state index < -0.39 is 17.2 Å². The van der Waals surface area contributed by atoms with Crippen molar-refractivity contribution in [3.05, 3.63) is 82.5 Å². The summed E-state index contributed by atoms with van der Waals surface area (Å²) in [4.78, 5) is 29.2. The van der Waals surface area contributed by atoms with Crippen LogP contribution in [0.1, 0.15) is 71.8 Å². The van der Waals surface area contributed by atoms with Crippen LogP contribution in [0.3, 0.4) is 0 Å². The Morgan fingerprint density at radius 1 is 1.21 bits per heavy atom. The minimum Gasteiger partial charge on any atom is -0.478 e. The number of nitriles is 1. The summed E-state index contributed by atoms with van der Waals surface area (Å²) in [7, 11) is 0. The molecule has 5 rings (SSSR count). The van der Waals surface area contributed by atoms with Gasteiger partial charge in [-0.15, -0.1) is 0 Å². The maximum Gasteiger partial charge on any atom is 0.337 e. The normalized spacial score (nSPS) is 15.3. The Hall–Kier alpha value is -4.65. The first-order valence-electron chi connectivity index (χ1n) is 13.9. The Labute approximate surface area is 243 Å². The van der Waals surface area contributed by atoms with Gasteiger partial charge < -0.3 is 14.4 Å². The predicted molar refractivity (Wildman–Crippen MR) is 155 cm³/mol. The van der Waals surface area contributed by atoms with Crippen molar-refractivity contribution in [2.45, 2.75) is 66.5 Å². The number of nitrogens with zero attached hydrogens (tertiary/aromatic N) is 6. The molecule has 1 aromatic carbocycles. The standard InChI is InChI=1S/C32H33FN6O3/c1-19-5-8-23(20(2)11-19)16-42-30-25(33)15-35-28(38-30)22-9-6-21(7-10-22)12-27-37-26-13-24(31(40)41)14-36-29(26)39(27)18-32(3,4)17-34/h5,8-9,11,13-15,21H,6-7,10,12,16,18H2,1-4H3,(H,40,41). The lowest BCUT2D eigenvalue weighted by atomic mass is 9.86. The molecule has 0 amide bonds. The van der Waals surface area contributed by atoms with Crippen LogP contribution < -0.4 is 4.74 Å². The Bertz CT molecular complexity index is 1740. The van der Waals surface area contributed by atoms with Crippen LogP contribution in [0.4, 0.5) is 4.39 Å². The van der Waals surface area contributed by atoms with Crippen LogP contribution in [0.25, 0.3) is 16.7 Å². The zero-order valence-corrected chi connectivity index (χ0v) is 24.2. The first-order valence-corrected chi connectivity index (χ1v) is 13.9. The van der Waals surface area contributed by atoms with E-state index >= 15 is 0 Å². The number of aryl methyl sites for hydroxylation is 2. The van der Waals surface area contributed by atoms with Gasteiger partial charge in [-0.2, -0.15) is 14.6 Å². The van der Waals surface area contributed by atoms with Gasteiger partial charge >= 0.3 is 5.97 Å². The number of hydrogen-bond acceptors (Lipinski definition) is 7. The molecule has 1 N–H and O–H groups in total. The summed E-state index contributed by atoms with van der Waals surface area (Å²) in [5.74, 6) is -0.246. The molecule has 3 aromatic heterocycles. The number of fused-ring (bicyclic) bond motifs is 1. The van der Waals surface area contributed by atoms with E-state index in [1.165, 1.54) is 12.3 Å². The van der Waals surface area contributed by atoms with E-state index in [9.17, 15) is 19.6 Å². The molecule has 216 valence electrons. The smallest absolute Gasteiger partial charge is 0.337 e. The molecule has 1 aliphatic carbocycles. The molecule has 1 aliphatic rings. The second-order valence-corrected chi connectivity index (χ2v) is 11.6. The second kappa shape index (κ2) is 11.7. The number of pyridine rings is 1. The first-order chi connectivity index (χ1) is 20.0. The minimum atomic E-state index is -1.07. The van der Waals surface area contributed by atoms with Crippen molar-refractivity contribution in [2.24, 2.45) is 11.3 Å². The van der Waals surface area contributed by atoms with Gasteiger partial charge in [-0.1, -0.05) is 29.8 Å². The van der Waals surface area contributed by atoms with Gasteiger partial charge in [0.1, 0.15) is 17.9 Å². The molecule has 0 bridgehead atoms. The van der Waals surface area contributed by atoms with Gasteiger partial charge in [-0.05, 0) is 75.6 Å². The quantitative estimate of drug-likeness (QED) is 0.252. The Balaban J connectivity index is 1.33. The van der Waals surface area contributed by atoms with Crippen molar-refractivity contribution in [3.8, 4) is 11.9 Å². The van der Waals surface area contributed by atoms with Crippen molar-refractivity contribution < 1.29 is 19.0 Å². The van der Waals surface area contributed by atoms with Gasteiger partial charge in [0.25, 0.3) is 5.88 Å². The molecular formula is C32H33FN6O3. The SMILES string of the molecule is Cc1ccc(COc2nc(C3=CCC(Cc4nc5cc(C(=O)O)cnc5n4CC(C)(C)C#N)CC3)ncc2F)c(C)c1. The molecule has 9 nitrogen and oxygen atoms in total. The van der Waals surface area contributed by atoms with Crippen LogP contribution in [0.15, 0.2) is 42.7 Å². The molecule has 3 heterocycles. The van der Waals surface area contributed by atoms with Gasteiger partial charge in [0.05, 0.1) is 23.2 Å². The Morgan fingerprint density at radius 3 is 2.71 bits per heavy atom. The average molecular weight is 569 g/mol. The Kier molecular flexibility index (Phi) is 8.03. The van der Waals surface area contributed by atoms with Crippen molar-refractivity contribution in [2.75, 3.05) is 0 Å². The fourth-order valence-electron chi connectivity index (χ4n) is 5.22. The zero-order chi connectivity index (χ0) is 30.0. The lowest BCUT2D eigenvalue weighted by Crippen LogP contribution is -2.21. The highest BCUT2D eigenvalue weighted by Gasteiger charge is 2.26. The molecule has 0 spiro atoms. The number of benzene rings is 1. The third-order valence-electron chi connectivity index (χ3n) is 7.62. The molecule has 4 aromatic rings. The average Bonchev–Trinajstić information content (AvgIpc) is 3.29. The maximum atomic E-state index is 14.5. The van der Waals surface area contributed by atoms with Crippen LogP contribution in [-0.4, -0.2) is 35.6 Å². The maximum absolute atomic E-state index is 14.5. The number of carboxylic acids is 1. The molecule has 0 radical (unpaired) electrons. The predicted octanol–water partition coefficient (Wildman–Crippen LogP) is 6.23. The molecular weight excluding hydrogens is 535 g/mol. The monoisotopic (exact) mass is 568 g/mol. The summed E-state index contributed by atoms with van der Waals surface area (Å²) < 4.78 is 22.2. The van der Waals surface area contributed by atoms with E-state index in [4.69, 9.17) is 9.72 Å². The molecule has 42 heavy (non-hydrogen) atoms. The summed E-state index contributed by atoms with van der Waals surface area (Å²) in [6, 6.07) is 9.89. The number of carbonyl (C=O) groups is 1. The largest absolute Gasteiger partial charge is 0.478 e. The van der Waals surface area contributed by atoms with E-state index in [0.29, 0.717) is 36.4 Å². The van der Waals surface area contributed by atoms with E-state index in [2.05, 4.69) is 33.2 Å². The zero-order valence-electron chi connectivity index (χ0n) is 24.2. The molecule has 0 saturated heterocycles. The number of aromatic carboxylic acids is 1. The van der Waals surface area contributed by atoms with E-state index in [0.717, 1.165) is 47.1 Å². The van der Waals surface area contributed by atoms with Crippen LogP contribution in [0.2, 0.25) is 0 Å². The van der Waals surface area contributed by atoms with Crippen LogP contribution in [-0.2, 0) is 19.6 Å². The summed E-state index contributed by atoms with van der Waals surface area (Å²) in [5, 5.41) is 19.0. The van der Waals surface area contributed by atoms with Crippen LogP contribution >= 0.6 is 0 Å². The van der Waals surface area contributed by atoms with Crippen molar-refractivity contribution in [1.82, 2.24) is 24.5 Å². The van der Waals surface area contributed by atoms with Crippen LogP contribution in [0, 0.1) is 42.3 Å². The van der Waals surface area contributed by atoms with E-state index in [1.807, 2.05) is 44.4 Å². The van der Waals surface area contributed by atoms with E-state index in [-0.39, 0.29) is 24.0 Å². The molecule has 0 fully saturated rings. The highest BCUT2D eigenvalue weighted by Crippen LogP contribution is 2.33. The summed E-state index contributed by atoms with van der Waals surface area (Å²) >= 11 is 0. The fraction of sp³-hybridized carbons (Fsp3) is 0.375. The number of allylic oxidation sites excluding steroid dienone is 2. The van der Waals surface area contributed by atoms with Gasteiger partial charge in [0.15, 0.2) is 11.5 Å². The third kappa shape index (κ3) is 6.30. The van der Waals surface area contributed by atoms with Crippen LogP contribution in [0.5, 0.6) is 5.88 Å². The molecule has 1 unspecified atom stereocenters. The highest BCUT2D eigenvalue weighted by molar-refractivity contribution is 5.90. The number of rotatable bonds is 9. The number of halogens is 1. The summed E-state index contributed by atoms with van der Waals surface area (Å²) in [5.41, 5.74) is 4.62. The summed E-state index contributed by atoms with van der Waals surface area (Å²) in [6.07, 6.45) is 7.49. The number of ether oxygens (including phenoxy) is 1. The van der Waals surface area contributed by atoms with Crippen molar-refractivity contribution in [1.29, 1.82) is 5.26 Å². The molecule has 0 saturated carbocycles. The second-order valence-electron chi connectivity index (χ2n) is 11.6. The number of carboxylic acid groups (broad SMARTS) is 1. The lowest BCUT2D eigenvalue weighted by Gasteiger charge is -2.23.